The Balaban J connectivity index is 1.50. The van der Waals surface area contributed by atoms with Crippen LogP contribution in [0.3, 0.4) is 0 Å². The first-order valence-electron chi connectivity index (χ1n) is 12.5. The summed E-state index contributed by atoms with van der Waals surface area (Å²) >= 11 is 0. The Bertz CT molecular complexity index is 1800. The van der Waals surface area contributed by atoms with Crippen LogP contribution in [0, 0.1) is 5.82 Å². The summed E-state index contributed by atoms with van der Waals surface area (Å²) in [7, 11) is -3.86. The number of primary sulfonamides is 1. The summed E-state index contributed by atoms with van der Waals surface area (Å²) in [5, 5.41) is 26.8. The number of para-hydroxylation sites is 1. The SMILES string of the molecule is NS(=O)(=O)c1ccc(N2N=C(c3ccc(O)cc3)CC2c2cn(-c3ccccc3)nc2-c2ccc(F)cc2)cc1. The van der Waals surface area contributed by atoms with Crippen molar-refractivity contribution in [3.8, 4) is 22.7 Å². The quantitative estimate of drug-likeness (QED) is 0.293. The Morgan fingerprint density at radius 1 is 0.825 bits per heavy atom. The first-order chi connectivity index (χ1) is 19.3. The van der Waals surface area contributed by atoms with Gasteiger partial charge in [0.05, 0.1) is 33.7 Å². The minimum absolute atomic E-state index is 0.00127. The number of halogens is 1. The van der Waals surface area contributed by atoms with Crippen LogP contribution in [0.4, 0.5) is 10.1 Å². The Morgan fingerprint density at radius 3 is 2.12 bits per heavy atom. The van der Waals surface area contributed by atoms with Gasteiger partial charge in [0, 0.05) is 23.7 Å². The van der Waals surface area contributed by atoms with Crippen LogP contribution in [0.1, 0.15) is 23.6 Å². The fourth-order valence-electron chi connectivity index (χ4n) is 4.78. The molecule has 0 fully saturated rings. The lowest BCUT2D eigenvalue weighted by molar-refractivity contribution is 0.475. The molecule has 4 aromatic carbocycles. The molecule has 200 valence electrons. The number of anilines is 1. The van der Waals surface area contributed by atoms with Crippen molar-refractivity contribution < 1.29 is 17.9 Å². The molecule has 0 aliphatic carbocycles. The molecular weight excluding hydrogens is 529 g/mol. The van der Waals surface area contributed by atoms with Crippen LogP contribution in [0.15, 0.2) is 119 Å². The lowest BCUT2D eigenvalue weighted by Gasteiger charge is -2.24. The van der Waals surface area contributed by atoms with E-state index in [1.807, 2.05) is 41.5 Å². The molecule has 0 amide bonds. The molecule has 1 aromatic heterocycles. The highest BCUT2D eigenvalue weighted by Gasteiger charge is 2.34. The molecule has 0 spiro atoms. The van der Waals surface area contributed by atoms with Gasteiger partial charge in [-0.3, -0.25) is 5.01 Å². The lowest BCUT2D eigenvalue weighted by Crippen LogP contribution is -2.19. The first kappa shape index (κ1) is 25.5. The number of benzene rings is 4. The summed E-state index contributed by atoms with van der Waals surface area (Å²) < 4.78 is 39.3. The van der Waals surface area contributed by atoms with Crippen LogP contribution < -0.4 is 10.1 Å². The number of sulfonamides is 1. The van der Waals surface area contributed by atoms with Gasteiger partial charge in [0.25, 0.3) is 0 Å². The largest absolute Gasteiger partial charge is 0.508 e. The van der Waals surface area contributed by atoms with Gasteiger partial charge in [0.2, 0.25) is 10.0 Å². The fourth-order valence-corrected chi connectivity index (χ4v) is 5.30. The smallest absolute Gasteiger partial charge is 0.238 e. The van der Waals surface area contributed by atoms with Crippen molar-refractivity contribution in [3.05, 3.63) is 126 Å². The van der Waals surface area contributed by atoms with Crippen LogP contribution in [0.25, 0.3) is 16.9 Å². The van der Waals surface area contributed by atoms with E-state index >= 15 is 0 Å². The average molecular weight is 554 g/mol. The maximum atomic E-state index is 13.8. The van der Waals surface area contributed by atoms with E-state index < -0.39 is 10.0 Å². The van der Waals surface area contributed by atoms with E-state index in [1.54, 1.807) is 53.2 Å². The lowest BCUT2D eigenvalue weighted by atomic mass is 9.96. The summed E-state index contributed by atoms with van der Waals surface area (Å²) in [4.78, 5) is -0.00127. The number of hydrazone groups is 1. The van der Waals surface area contributed by atoms with Crippen molar-refractivity contribution in [1.82, 2.24) is 9.78 Å². The highest BCUT2D eigenvalue weighted by Crippen LogP contribution is 2.41. The zero-order chi connectivity index (χ0) is 27.9. The second-order valence-electron chi connectivity index (χ2n) is 9.42. The van der Waals surface area contributed by atoms with E-state index in [9.17, 15) is 17.9 Å². The number of hydrogen-bond donors (Lipinski definition) is 2. The first-order valence-corrected chi connectivity index (χ1v) is 14.0. The highest BCUT2D eigenvalue weighted by atomic mass is 32.2. The summed E-state index contributed by atoms with van der Waals surface area (Å²) in [5.41, 5.74) is 5.39. The molecule has 1 aliphatic rings. The number of rotatable bonds is 6. The molecule has 1 unspecified atom stereocenters. The van der Waals surface area contributed by atoms with Crippen LogP contribution >= 0.6 is 0 Å². The minimum atomic E-state index is -3.86. The van der Waals surface area contributed by atoms with Gasteiger partial charge in [0.15, 0.2) is 0 Å². The standard InChI is InChI=1S/C30H24FN5O3S/c31-22-10-6-21(7-11-22)30-27(19-35(34-30)23-4-2-1-3-5-23)29-18-28(20-8-14-25(37)15-9-20)33-36(29)24-12-16-26(17-13-24)40(32,38)39/h1-17,19,29,37H,18H2,(H2,32,38,39). The number of phenolic OH excluding ortho intramolecular Hbond substituents is 1. The molecular formula is C30H24FN5O3S. The average Bonchev–Trinajstić information content (AvgIpc) is 3.59. The Labute approximate surface area is 230 Å². The summed E-state index contributed by atoms with van der Waals surface area (Å²) in [6.45, 7) is 0. The highest BCUT2D eigenvalue weighted by molar-refractivity contribution is 7.89. The van der Waals surface area contributed by atoms with E-state index in [0.29, 0.717) is 17.8 Å². The molecule has 0 radical (unpaired) electrons. The van der Waals surface area contributed by atoms with E-state index in [1.165, 1.54) is 24.3 Å². The van der Waals surface area contributed by atoms with Crippen molar-refractivity contribution in [2.75, 3.05) is 5.01 Å². The van der Waals surface area contributed by atoms with Gasteiger partial charge in [-0.25, -0.2) is 22.6 Å². The molecule has 5 aromatic rings. The van der Waals surface area contributed by atoms with E-state index in [4.69, 9.17) is 15.3 Å². The summed E-state index contributed by atoms with van der Waals surface area (Å²) in [6.07, 6.45) is 2.44. The summed E-state index contributed by atoms with van der Waals surface area (Å²) in [6, 6.07) is 28.6. The van der Waals surface area contributed by atoms with Gasteiger partial charge in [-0.15, -0.1) is 0 Å². The van der Waals surface area contributed by atoms with Crippen molar-refractivity contribution in [3.63, 3.8) is 0 Å². The number of nitrogens with zero attached hydrogens (tertiary/aromatic N) is 4. The molecule has 2 heterocycles. The normalized spacial score (nSPS) is 15.3. The Hall–Kier alpha value is -4.80. The maximum absolute atomic E-state index is 13.8. The molecule has 1 atom stereocenters. The van der Waals surface area contributed by atoms with Gasteiger partial charge in [-0.2, -0.15) is 10.2 Å². The van der Waals surface area contributed by atoms with Crippen LogP contribution in [-0.2, 0) is 10.0 Å². The molecule has 3 N–H and O–H groups in total. The topological polar surface area (TPSA) is 114 Å². The van der Waals surface area contributed by atoms with Gasteiger partial charge < -0.3 is 5.11 Å². The van der Waals surface area contributed by atoms with Gasteiger partial charge >= 0.3 is 0 Å². The number of hydrogen-bond acceptors (Lipinski definition) is 6. The van der Waals surface area contributed by atoms with Crippen molar-refractivity contribution in [2.45, 2.75) is 17.4 Å². The monoisotopic (exact) mass is 553 g/mol. The molecule has 0 saturated carbocycles. The van der Waals surface area contributed by atoms with Crippen molar-refractivity contribution in [1.29, 1.82) is 0 Å². The molecule has 1 aliphatic heterocycles. The zero-order valence-electron chi connectivity index (χ0n) is 21.1. The molecule has 40 heavy (non-hydrogen) atoms. The third-order valence-corrected chi connectivity index (χ3v) is 7.71. The number of aromatic hydroxyl groups is 1. The predicted molar refractivity (Wildman–Crippen MR) is 151 cm³/mol. The second-order valence-corrected chi connectivity index (χ2v) is 11.0. The van der Waals surface area contributed by atoms with E-state index in [0.717, 1.165) is 28.1 Å². The minimum Gasteiger partial charge on any atom is -0.508 e. The third kappa shape index (κ3) is 4.97. The van der Waals surface area contributed by atoms with E-state index in [2.05, 4.69) is 0 Å². The fraction of sp³-hybridized carbons (Fsp3) is 0.0667. The van der Waals surface area contributed by atoms with Gasteiger partial charge in [0.1, 0.15) is 11.6 Å². The summed E-state index contributed by atoms with van der Waals surface area (Å²) in [5.74, 6) is -0.194. The Morgan fingerprint density at radius 2 is 1.48 bits per heavy atom. The molecule has 0 bridgehead atoms. The molecule has 8 nitrogen and oxygen atoms in total. The van der Waals surface area contributed by atoms with Gasteiger partial charge in [-0.1, -0.05) is 18.2 Å². The van der Waals surface area contributed by atoms with Gasteiger partial charge in [-0.05, 0) is 90.5 Å². The molecule has 0 saturated heterocycles. The van der Waals surface area contributed by atoms with Crippen molar-refractivity contribution >= 4 is 21.4 Å². The maximum Gasteiger partial charge on any atom is 0.238 e. The van der Waals surface area contributed by atoms with Crippen LogP contribution in [0.2, 0.25) is 0 Å². The predicted octanol–water partition coefficient (Wildman–Crippen LogP) is 5.39. The van der Waals surface area contributed by atoms with Crippen LogP contribution in [0.5, 0.6) is 5.75 Å². The zero-order valence-corrected chi connectivity index (χ0v) is 21.9. The Kier molecular flexibility index (Phi) is 6.41. The number of aromatic nitrogens is 2. The van der Waals surface area contributed by atoms with E-state index in [-0.39, 0.29) is 22.5 Å². The second kappa shape index (κ2) is 10.1. The van der Waals surface area contributed by atoms with Crippen LogP contribution in [-0.4, -0.2) is 29.0 Å². The molecule has 10 heteroatoms. The van der Waals surface area contributed by atoms with Crippen molar-refractivity contribution in [2.24, 2.45) is 10.2 Å². The molecule has 6 rings (SSSR count). The number of phenols is 1. The third-order valence-electron chi connectivity index (χ3n) is 6.78. The number of nitrogens with two attached hydrogens (primary N) is 1.